The number of hydrogen-bond donors (Lipinski definition) is 2. The third-order valence-corrected chi connectivity index (χ3v) is 2.10. The Morgan fingerprint density at radius 3 is 2.33 bits per heavy atom. The molecule has 1 aliphatic heterocycles. The first-order valence-corrected chi connectivity index (χ1v) is 4.09. The molecule has 74 valence electrons. The lowest BCUT2D eigenvalue weighted by Gasteiger charge is -2.34. The SMILES string of the molecule is CC(C)(O)[C@@H]1CC[C@@H](N)CO1.Cl. The summed E-state index contributed by atoms with van der Waals surface area (Å²) in [5.74, 6) is 0. The van der Waals surface area contributed by atoms with Crippen LogP contribution in [0.15, 0.2) is 0 Å². The van der Waals surface area contributed by atoms with Crippen LogP contribution in [-0.4, -0.2) is 29.5 Å². The van der Waals surface area contributed by atoms with Crippen molar-refractivity contribution in [2.24, 2.45) is 5.73 Å². The summed E-state index contributed by atoms with van der Waals surface area (Å²) in [5, 5.41) is 9.56. The predicted octanol–water partition coefficient (Wildman–Crippen LogP) is 0.685. The number of rotatable bonds is 1. The molecule has 0 amide bonds. The summed E-state index contributed by atoms with van der Waals surface area (Å²) in [5.41, 5.74) is 4.91. The quantitative estimate of drug-likeness (QED) is 0.647. The van der Waals surface area contributed by atoms with Crippen molar-refractivity contribution in [1.82, 2.24) is 0 Å². The van der Waals surface area contributed by atoms with Gasteiger partial charge in [-0.05, 0) is 26.7 Å². The van der Waals surface area contributed by atoms with Gasteiger partial charge in [-0.2, -0.15) is 0 Å². The maximum atomic E-state index is 9.56. The molecule has 3 nitrogen and oxygen atoms in total. The van der Waals surface area contributed by atoms with Gasteiger partial charge in [-0.15, -0.1) is 12.4 Å². The molecule has 2 atom stereocenters. The van der Waals surface area contributed by atoms with E-state index in [9.17, 15) is 5.11 Å². The average molecular weight is 196 g/mol. The maximum absolute atomic E-state index is 9.56. The molecule has 0 radical (unpaired) electrons. The zero-order valence-corrected chi connectivity index (χ0v) is 8.43. The van der Waals surface area contributed by atoms with Gasteiger partial charge in [0.1, 0.15) is 0 Å². The molecule has 1 aliphatic rings. The Morgan fingerprint density at radius 1 is 1.42 bits per heavy atom. The van der Waals surface area contributed by atoms with Gasteiger partial charge in [-0.25, -0.2) is 0 Å². The van der Waals surface area contributed by atoms with Crippen molar-refractivity contribution in [2.45, 2.75) is 44.4 Å². The normalized spacial score (nSPS) is 31.0. The highest BCUT2D eigenvalue weighted by Crippen LogP contribution is 2.22. The van der Waals surface area contributed by atoms with Gasteiger partial charge in [0.25, 0.3) is 0 Å². The zero-order chi connectivity index (χ0) is 8.48. The van der Waals surface area contributed by atoms with Crippen LogP contribution in [0.25, 0.3) is 0 Å². The molecule has 0 saturated carbocycles. The molecular weight excluding hydrogens is 178 g/mol. The van der Waals surface area contributed by atoms with Crippen LogP contribution >= 0.6 is 12.4 Å². The summed E-state index contributed by atoms with van der Waals surface area (Å²) in [4.78, 5) is 0. The number of halogens is 1. The van der Waals surface area contributed by atoms with E-state index in [0.29, 0.717) is 6.61 Å². The minimum Gasteiger partial charge on any atom is -0.388 e. The third-order valence-electron chi connectivity index (χ3n) is 2.10. The molecular formula is C8H18ClNO2. The third kappa shape index (κ3) is 3.27. The molecule has 0 bridgehead atoms. The fourth-order valence-corrected chi connectivity index (χ4v) is 1.33. The minimum atomic E-state index is -0.722. The summed E-state index contributed by atoms with van der Waals surface area (Å²) < 4.78 is 5.38. The maximum Gasteiger partial charge on any atom is 0.0857 e. The Bertz CT molecular complexity index is 128. The second-order valence-corrected chi connectivity index (χ2v) is 3.81. The summed E-state index contributed by atoms with van der Waals surface area (Å²) in [6, 6.07) is 0.161. The lowest BCUT2D eigenvalue weighted by atomic mass is 9.93. The molecule has 3 N–H and O–H groups in total. The van der Waals surface area contributed by atoms with Crippen molar-refractivity contribution >= 4 is 12.4 Å². The topological polar surface area (TPSA) is 55.5 Å². The lowest BCUT2D eigenvalue weighted by molar-refractivity contribution is -0.112. The highest BCUT2D eigenvalue weighted by Gasteiger charge is 2.31. The Balaban J connectivity index is 0.00000121. The van der Waals surface area contributed by atoms with E-state index in [2.05, 4.69) is 0 Å². The molecule has 0 aliphatic carbocycles. The molecule has 1 rings (SSSR count). The predicted molar refractivity (Wildman–Crippen MR) is 50.5 cm³/mol. The van der Waals surface area contributed by atoms with Crippen LogP contribution in [0.3, 0.4) is 0 Å². The second-order valence-electron chi connectivity index (χ2n) is 3.81. The van der Waals surface area contributed by atoms with Crippen LogP contribution in [0.1, 0.15) is 26.7 Å². The van der Waals surface area contributed by atoms with E-state index in [-0.39, 0.29) is 24.6 Å². The van der Waals surface area contributed by atoms with E-state index in [0.717, 1.165) is 12.8 Å². The molecule has 12 heavy (non-hydrogen) atoms. The highest BCUT2D eigenvalue weighted by atomic mass is 35.5. The summed E-state index contributed by atoms with van der Waals surface area (Å²) in [6.45, 7) is 4.12. The Hall–Kier alpha value is 0.170. The Labute approximate surface area is 79.7 Å². The van der Waals surface area contributed by atoms with Gasteiger partial charge in [-0.3, -0.25) is 0 Å². The number of nitrogens with two attached hydrogens (primary N) is 1. The van der Waals surface area contributed by atoms with Gasteiger partial charge in [0.05, 0.1) is 18.3 Å². The molecule has 0 aromatic carbocycles. The zero-order valence-electron chi connectivity index (χ0n) is 7.62. The molecule has 1 saturated heterocycles. The molecule has 0 spiro atoms. The molecule has 1 fully saturated rings. The molecule has 1 heterocycles. The van der Waals surface area contributed by atoms with Crippen LogP contribution in [0.4, 0.5) is 0 Å². The Morgan fingerprint density at radius 2 is 2.00 bits per heavy atom. The van der Waals surface area contributed by atoms with Crippen LogP contribution < -0.4 is 5.73 Å². The van der Waals surface area contributed by atoms with Gasteiger partial charge in [0, 0.05) is 6.04 Å². The van der Waals surface area contributed by atoms with E-state index >= 15 is 0 Å². The number of hydrogen-bond acceptors (Lipinski definition) is 3. The van der Waals surface area contributed by atoms with Gasteiger partial charge in [0.2, 0.25) is 0 Å². The number of ether oxygens (including phenoxy) is 1. The molecule has 0 aromatic heterocycles. The van der Waals surface area contributed by atoms with Crippen molar-refractivity contribution < 1.29 is 9.84 Å². The van der Waals surface area contributed by atoms with Crippen molar-refractivity contribution in [2.75, 3.05) is 6.61 Å². The fourth-order valence-electron chi connectivity index (χ4n) is 1.33. The van der Waals surface area contributed by atoms with Crippen LogP contribution in [0, 0.1) is 0 Å². The fraction of sp³-hybridized carbons (Fsp3) is 1.00. The first kappa shape index (κ1) is 12.2. The molecule has 0 unspecified atom stereocenters. The summed E-state index contributed by atoms with van der Waals surface area (Å²) in [6.07, 6.45) is 1.78. The van der Waals surface area contributed by atoms with Gasteiger partial charge in [0.15, 0.2) is 0 Å². The molecule has 0 aromatic rings. The number of aliphatic hydroxyl groups is 1. The van der Waals surface area contributed by atoms with Gasteiger partial charge < -0.3 is 15.6 Å². The standard InChI is InChI=1S/C8H17NO2.ClH/c1-8(2,10)7-4-3-6(9)5-11-7;/h6-7,10H,3-5,9H2,1-2H3;1H/t6-,7+;/m1./s1. The first-order valence-electron chi connectivity index (χ1n) is 4.09. The summed E-state index contributed by atoms with van der Waals surface area (Å²) in [7, 11) is 0. The van der Waals surface area contributed by atoms with E-state index in [1.807, 2.05) is 0 Å². The van der Waals surface area contributed by atoms with E-state index in [1.54, 1.807) is 13.8 Å². The molecule has 4 heteroatoms. The van der Waals surface area contributed by atoms with Crippen LogP contribution in [-0.2, 0) is 4.74 Å². The van der Waals surface area contributed by atoms with Crippen molar-refractivity contribution in [3.63, 3.8) is 0 Å². The largest absolute Gasteiger partial charge is 0.388 e. The minimum absolute atomic E-state index is 0. The van der Waals surface area contributed by atoms with E-state index in [1.165, 1.54) is 0 Å². The monoisotopic (exact) mass is 195 g/mol. The highest BCUT2D eigenvalue weighted by molar-refractivity contribution is 5.85. The van der Waals surface area contributed by atoms with Gasteiger partial charge >= 0.3 is 0 Å². The van der Waals surface area contributed by atoms with Gasteiger partial charge in [-0.1, -0.05) is 0 Å². The van der Waals surface area contributed by atoms with Crippen LogP contribution in [0.5, 0.6) is 0 Å². The lowest BCUT2D eigenvalue weighted by Crippen LogP contribution is -2.45. The summed E-state index contributed by atoms with van der Waals surface area (Å²) >= 11 is 0. The van der Waals surface area contributed by atoms with E-state index in [4.69, 9.17) is 10.5 Å². The van der Waals surface area contributed by atoms with Crippen LogP contribution in [0.2, 0.25) is 0 Å². The Kier molecular flexibility index (Phi) is 4.48. The second kappa shape index (κ2) is 4.42. The average Bonchev–Trinajstić information content (AvgIpc) is 1.86. The van der Waals surface area contributed by atoms with E-state index < -0.39 is 5.60 Å². The smallest absolute Gasteiger partial charge is 0.0857 e. The van der Waals surface area contributed by atoms with Crippen molar-refractivity contribution in [3.8, 4) is 0 Å². The first-order chi connectivity index (χ1) is 5.00. The van der Waals surface area contributed by atoms with Crippen molar-refractivity contribution in [3.05, 3.63) is 0 Å². The van der Waals surface area contributed by atoms with Crippen molar-refractivity contribution in [1.29, 1.82) is 0 Å².